The molecule has 0 saturated carbocycles. The molecule has 0 fully saturated rings. The van der Waals surface area contributed by atoms with Crippen molar-refractivity contribution >= 4 is 5.97 Å². The zero-order chi connectivity index (χ0) is 14.2. The van der Waals surface area contributed by atoms with Gasteiger partial charge in [0, 0.05) is 18.8 Å². The third-order valence-electron chi connectivity index (χ3n) is 2.97. The van der Waals surface area contributed by atoms with Crippen LogP contribution in [0.25, 0.3) is 11.3 Å². The Morgan fingerprint density at radius 3 is 2.63 bits per heavy atom. The van der Waals surface area contributed by atoms with Crippen LogP contribution >= 0.6 is 0 Å². The summed E-state index contributed by atoms with van der Waals surface area (Å²) in [5, 5.41) is 9.25. The quantitative estimate of drug-likeness (QED) is 0.890. The van der Waals surface area contributed by atoms with Crippen LogP contribution in [0.3, 0.4) is 0 Å². The Kier molecular flexibility index (Phi) is 3.21. The molecular formula is C14H14N2O3. The number of aromatic nitrogens is 2. The van der Waals surface area contributed by atoms with E-state index in [0.717, 1.165) is 15.7 Å². The SMILES string of the molecule is Cc1ccc(C)c(-c2nc(=O)n(C)cc2C(=O)O)c1. The van der Waals surface area contributed by atoms with Gasteiger partial charge in [-0.1, -0.05) is 17.7 Å². The van der Waals surface area contributed by atoms with Crippen molar-refractivity contribution in [2.24, 2.45) is 7.05 Å². The van der Waals surface area contributed by atoms with E-state index in [1.54, 1.807) is 0 Å². The van der Waals surface area contributed by atoms with Crippen LogP contribution in [0.15, 0.2) is 29.2 Å². The van der Waals surface area contributed by atoms with E-state index >= 15 is 0 Å². The average molecular weight is 258 g/mol. The molecule has 0 amide bonds. The maximum atomic E-state index is 11.6. The number of hydrogen-bond donors (Lipinski definition) is 1. The number of rotatable bonds is 2. The summed E-state index contributed by atoms with van der Waals surface area (Å²) >= 11 is 0. The average Bonchev–Trinajstić information content (AvgIpc) is 2.35. The summed E-state index contributed by atoms with van der Waals surface area (Å²) in [6.07, 6.45) is 1.30. The van der Waals surface area contributed by atoms with Gasteiger partial charge in [-0.15, -0.1) is 0 Å². The molecule has 0 radical (unpaired) electrons. The minimum atomic E-state index is -1.10. The summed E-state index contributed by atoms with van der Waals surface area (Å²) in [5.41, 5.74) is 2.32. The molecule has 0 spiro atoms. The third-order valence-corrected chi connectivity index (χ3v) is 2.97. The Hall–Kier alpha value is -2.43. The maximum absolute atomic E-state index is 11.6. The van der Waals surface area contributed by atoms with Gasteiger partial charge in [0.1, 0.15) is 5.56 Å². The minimum absolute atomic E-state index is 0.0239. The highest BCUT2D eigenvalue weighted by Gasteiger charge is 2.17. The summed E-state index contributed by atoms with van der Waals surface area (Å²) in [6, 6.07) is 5.65. The summed E-state index contributed by atoms with van der Waals surface area (Å²) in [5.74, 6) is -1.10. The number of aromatic carboxylic acids is 1. The Labute approximate surface area is 110 Å². The van der Waals surface area contributed by atoms with Crippen molar-refractivity contribution in [2.45, 2.75) is 13.8 Å². The number of hydrogen-bond acceptors (Lipinski definition) is 3. The minimum Gasteiger partial charge on any atom is -0.478 e. The molecule has 1 heterocycles. The molecule has 0 atom stereocenters. The fourth-order valence-electron chi connectivity index (χ4n) is 1.90. The van der Waals surface area contributed by atoms with E-state index in [2.05, 4.69) is 4.98 Å². The number of carbonyl (C=O) groups is 1. The molecule has 98 valence electrons. The van der Waals surface area contributed by atoms with Crippen LogP contribution in [0, 0.1) is 13.8 Å². The third kappa shape index (κ3) is 2.40. The molecule has 1 N–H and O–H groups in total. The topological polar surface area (TPSA) is 72.2 Å². The van der Waals surface area contributed by atoms with Crippen LogP contribution in [0.5, 0.6) is 0 Å². The van der Waals surface area contributed by atoms with Gasteiger partial charge in [-0.2, -0.15) is 4.98 Å². The van der Waals surface area contributed by atoms with Crippen LogP contribution in [-0.4, -0.2) is 20.6 Å². The van der Waals surface area contributed by atoms with Crippen molar-refractivity contribution in [1.82, 2.24) is 9.55 Å². The first-order valence-corrected chi connectivity index (χ1v) is 5.78. The first-order chi connectivity index (χ1) is 8.90. The first kappa shape index (κ1) is 13.0. The van der Waals surface area contributed by atoms with Crippen LogP contribution in [-0.2, 0) is 7.05 Å². The predicted octanol–water partition coefficient (Wildman–Crippen LogP) is 1.76. The summed E-state index contributed by atoms with van der Waals surface area (Å²) < 4.78 is 1.16. The number of carboxylic acids is 1. The molecule has 0 aliphatic heterocycles. The lowest BCUT2D eigenvalue weighted by atomic mass is 10.00. The van der Waals surface area contributed by atoms with Gasteiger partial charge in [-0.3, -0.25) is 0 Å². The largest absolute Gasteiger partial charge is 0.478 e. The van der Waals surface area contributed by atoms with Gasteiger partial charge in [0.2, 0.25) is 0 Å². The van der Waals surface area contributed by atoms with Gasteiger partial charge >= 0.3 is 11.7 Å². The number of benzene rings is 1. The Morgan fingerprint density at radius 1 is 1.32 bits per heavy atom. The predicted molar refractivity (Wildman–Crippen MR) is 71.3 cm³/mol. The molecule has 5 nitrogen and oxygen atoms in total. The number of aryl methyl sites for hydroxylation is 3. The van der Waals surface area contributed by atoms with E-state index in [1.165, 1.54) is 13.2 Å². The zero-order valence-electron chi connectivity index (χ0n) is 11.0. The molecule has 0 aliphatic rings. The second-order valence-corrected chi connectivity index (χ2v) is 4.52. The smallest absolute Gasteiger partial charge is 0.347 e. The normalized spacial score (nSPS) is 10.5. The van der Waals surface area contributed by atoms with E-state index in [0.29, 0.717) is 5.56 Å². The molecule has 1 aromatic heterocycles. The molecule has 0 bridgehead atoms. The number of nitrogens with zero attached hydrogens (tertiary/aromatic N) is 2. The van der Waals surface area contributed by atoms with E-state index in [-0.39, 0.29) is 11.3 Å². The molecule has 2 aromatic rings. The molecule has 5 heteroatoms. The Bertz CT molecular complexity index is 717. The Balaban J connectivity index is 2.81. The molecular weight excluding hydrogens is 244 g/mol. The van der Waals surface area contributed by atoms with Crippen molar-refractivity contribution in [1.29, 1.82) is 0 Å². The molecule has 1 aromatic carbocycles. The van der Waals surface area contributed by atoms with Gasteiger partial charge < -0.3 is 9.67 Å². The second-order valence-electron chi connectivity index (χ2n) is 4.52. The zero-order valence-corrected chi connectivity index (χ0v) is 11.0. The highest BCUT2D eigenvalue weighted by Crippen LogP contribution is 2.25. The fourth-order valence-corrected chi connectivity index (χ4v) is 1.90. The maximum Gasteiger partial charge on any atom is 0.347 e. The molecule has 0 saturated heterocycles. The Morgan fingerprint density at radius 2 is 2.00 bits per heavy atom. The van der Waals surface area contributed by atoms with Gasteiger partial charge in [-0.25, -0.2) is 9.59 Å². The van der Waals surface area contributed by atoms with E-state index < -0.39 is 11.7 Å². The monoisotopic (exact) mass is 258 g/mol. The summed E-state index contributed by atoms with van der Waals surface area (Å²) in [4.78, 5) is 26.8. The molecule has 0 unspecified atom stereocenters. The number of carboxylic acid groups (broad SMARTS) is 1. The molecule has 19 heavy (non-hydrogen) atoms. The summed E-state index contributed by atoms with van der Waals surface area (Å²) in [7, 11) is 1.48. The summed E-state index contributed by atoms with van der Waals surface area (Å²) in [6.45, 7) is 3.77. The van der Waals surface area contributed by atoms with Crippen LogP contribution < -0.4 is 5.69 Å². The molecule has 2 rings (SSSR count). The molecule has 0 aliphatic carbocycles. The van der Waals surface area contributed by atoms with E-state index in [4.69, 9.17) is 0 Å². The van der Waals surface area contributed by atoms with Crippen molar-refractivity contribution in [3.05, 3.63) is 51.6 Å². The van der Waals surface area contributed by atoms with E-state index in [9.17, 15) is 14.7 Å². The van der Waals surface area contributed by atoms with Crippen LogP contribution in [0.2, 0.25) is 0 Å². The van der Waals surface area contributed by atoms with Crippen LogP contribution in [0.4, 0.5) is 0 Å². The fraction of sp³-hybridized carbons (Fsp3) is 0.214. The van der Waals surface area contributed by atoms with Crippen molar-refractivity contribution in [3.8, 4) is 11.3 Å². The van der Waals surface area contributed by atoms with Crippen molar-refractivity contribution in [3.63, 3.8) is 0 Å². The lowest BCUT2D eigenvalue weighted by Gasteiger charge is -2.10. The van der Waals surface area contributed by atoms with Gasteiger partial charge in [0.15, 0.2) is 0 Å². The lowest BCUT2D eigenvalue weighted by Crippen LogP contribution is -2.23. The standard InChI is InChI=1S/C14H14N2O3/c1-8-4-5-9(2)10(6-8)12-11(13(17)18)7-16(3)14(19)15-12/h4-7H,1-3H3,(H,17,18). The van der Waals surface area contributed by atoms with Crippen molar-refractivity contribution < 1.29 is 9.90 Å². The van der Waals surface area contributed by atoms with Crippen molar-refractivity contribution in [2.75, 3.05) is 0 Å². The van der Waals surface area contributed by atoms with Gasteiger partial charge in [0.05, 0.1) is 5.69 Å². The van der Waals surface area contributed by atoms with Gasteiger partial charge in [0.25, 0.3) is 0 Å². The van der Waals surface area contributed by atoms with Crippen LogP contribution in [0.1, 0.15) is 21.5 Å². The van der Waals surface area contributed by atoms with E-state index in [1.807, 2.05) is 32.0 Å². The lowest BCUT2D eigenvalue weighted by molar-refractivity contribution is 0.0696. The highest BCUT2D eigenvalue weighted by atomic mass is 16.4. The second kappa shape index (κ2) is 4.68. The first-order valence-electron chi connectivity index (χ1n) is 5.78. The van der Waals surface area contributed by atoms with Gasteiger partial charge in [-0.05, 0) is 25.5 Å². The highest BCUT2D eigenvalue weighted by molar-refractivity contribution is 5.94.